The minimum atomic E-state index is 0.0401. The number of nitrogens with one attached hydrogen (secondary N) is 2. The fraction of sp³-hybridized carbons (Fsp3) is 0.267. The third-order valence-corrected chi connectivity index (χ3v) is 2.89. The van der Waals surface area contributed by atoms with Crippen molar-refractivity contribution in [3.8, 4) is 0 Å². The third-order valence-electron chi connectivity index (χ3n) is 2.89. The number of carbonyl (C=O) groups is 1. The van der Waals surface area contributed by atoms with Crippen LogP contribution in [-0.4, -0.2) is 26.0 Å². The predicted octanol–water partition coefficient (Wildman–Crippen LogP) is 1.72. The average molecular weight is 242 g/mol. The number of carbonyl (C=O) groups excluding carboxylic acids is 1. The van der Waals surface area contributed by atoms with E-state index in [1.165, 1.54) is 16.3 Å². The second-order valence-corrected chi connectivity index (χ2v) is 4.31. The molecule has 2 aromatic rings. The Bertz CT molecular complexity index is 537. The molecule has 1 amide bonds. The van der Waals surface area contributed by atoms with Gasteiger partial charge in [-0.1, -0.05) is 42.5 Å². The molecule has 0 aromatic heterocycles. The molecule has 0 unspecified atom stereocenters. The van der Waals surface area contributed by atoms with Crippen molar-refractivity contribution in [1.29, 1.82) is 0 Å². The molecule has 2 N–H and O–H groups in total. The molecule has 0 saturated carbocycles. The summed E-state index contributed by atoms with van der Waals surface area (Å²) in [5.74, 6) is 0.0401. The van der Waals surface area contributed by atoms with Crippen molar-refractivity contribution in [2.75, 3.05) is 20.1 Å². The molecule has 2 rings (SSSR count). The van der Waals surface area contributed by atoms with Gasteiger partial charge in [-0.25, -0.2) is 0 Å². The van der Waals surface area contributed by atoms with E-state index < -0.39 is 0 Å². The molecule has 0 fully saturated rings. The van der Waals surface area contributed by atoms with Gasteiger partial charge in [0.25, 0.3) is 0 Å². The van der Waals surface area contributed by atoms with Gasteiger partial charge in [0, 0.05) is 6.54 Å². The van der Waals surface area contributed by atoms with Gasteiger partial charge in [-0.15, -0.1) is 0 Å². The molecule has 0 saturated heterocycles. The minimum Gasteiger partial charge on any atom is -0.355 e. The van der Waals surface area contributed by atoms with E-state index in [2.05, 4.69) is 41.0 Å². The van der Waals surface area contributed by atoms with Gasteiger partial charge in [-0.2, -0.15) is 0 Å². The van der Waals surface area contributed by atoms with Crippen molar-refractivity contribution in [3.05, 3.63) is 48.0 Å². The number of rotatable bonds is 5. The summed E-state index contributed by atoms with van der Waals surface area (Å²) in [5, 5.41) is 8.20. The highest BCUT2D eigenvalue weighted by atomic mass is 16.1. The van der Waals surface area contributed by atoms with Crippen LogP contribution in [0, 0.1) is 0 Å². The molecule has 0 radical (unpaired) electrons. The van der Waals surface area contributed by atoms with Crippen LogP contribution in [0.3, 0.4) is 0 Å². The number of amides is 1. The van der Waals surface area contributed by atoms with Crippen molar-refractivity contribution in [2.45, 2.75) is 6.42 Å². The molecule has 0 heterocycles. The van der Waals surface area contributed by atoms with Crippen LogP contribution in [0.2, 0.25) is 0 Å². The molecular weight excluding hydrogens is 224 g/mol. The number of likely N-dealkylation sites (N-methyl/N-ethyl adjacent to an activating group) is 1. The maximum absolute atomic E-state index is 11.3. The van der Waals surface area contributed by atoms with Gasteiger partial charge in [-0.3, -0.25) is 4.79 Å². The van der Waals surface area contributed by atoms with E-state index in [0.29, 0.717) is 13.1 Å². The predicted molar refractivity (Wildman–Crippen MR) is 74.6 cm³/mol. The first kappa shape index (κ1) is 12.6. The van der Waals surface area contributed by atoms with Gasteiger partial charge in [0.2, 0.25) is 5.91 Å². The smallest absolute Gasteiger partial charge is 0.233 e. The van der Waals surface area contributed by atoms with E-state index in [0.717, 1.165) is 6.42 Å². The second-order valence-electron chi connectivity index (χ2n) is 4.31. The standard InChI is InChI=1S/C15H18N2O/c1-16-11-15(18)17-9-8-12-6-7-13-4-2-3-5-14(13)10-12/h2-7,10,16H,8-9,11H2,1H3,(H,17,18). The summed E-state index contributed by atoms with van der Waals surface area (Å²) in [6, 6.07) is 14.7. The summed E-state index contributed by atoms with van der Waals surface area (Å²) < 4.78 is 0. The number of hydrogen-bond acceptors (Lipinski definition) is 2. The lowest BCUT2D eigenvalue weighted by Gasteiger charge is -2.06. The van der Waals surface area contributed by atoms with Gasteiger partial charge < -0.3 is 10.6 Å². The Morgan fingerprint density at radius 2 is 1.89 bits per heavy atom. The zero-order chi connectivity index (χ0) is 12.8. The highest BCUT2D eigenvalue weighted by molar-refractivity contribution is 5.83. The van der Waals surface area contributed by atoms with Crippen LogP contribution in [-0.2, 0) is 11.2 Å². The molecule has 94 valence electrons. The normalized spacial score (nSPS) is 10.5. The Morgan fingerprint density at radius 1 is 1.11 bits per heavy atom. The van der Waals surface area contributed by atoms with Crippen molar-refractivity contribution in [3.63, 3.8) is 0 Å². The van der Waals surface area contributed by atoms with E-state index in [-0.39, 0.29) is 5.91 Å². The molecule has 2 aromatic carbocycles. The van der Waals surface area contributed by atoms with Gasteiger partial charge in [0.1, 0.15) is 0 Å². The van der Waals surface area contributed by atoms with Crippen LogP contribution < -0.4 is 10.6 Å². The van der Waals surface area contributed by atoms with Crippen LogP contribution >= 0.6 is 0 Å². The van der Waals surface area contributed by atoms with Crippen molar-refractivity contribution < 1.29 is 4.79 Å². The molecule has 0 atom stereocenters. The van der Waals surface area contributed by atoms with Crippen LogP contribution in [0.4, 0.5) is 0 Å². The van der Waals surface area contributed by atoms with Gasteiger partial charge in [0.05, 0.1) is 6.54 Å². The van der Waals surface area contributed by atoms with E-state index in [4.69, 9.17) is 0 Å². The highest BCUT2D eigenvalue weighted by Gasteiger charge is 1.99. The summed E-state index contributed by atoms with van der Waals surface area (Å²) in [4.78, 5) is 11.3. The maximum atomic E-state index is 11.3. The highest BCUT2D eigenvalue weighted by Crippen LogP contribution is 2.15. The first-order valence-corrected chi connectivity index (χ1v) is 6.18. The average Bonchev–Trinajstić information content (AvgIpc) is 2.39. The van der Waals surface area contributed by atoms with Crippen LogP contribution in [0.15, 0.2) is 42.5 Å². The monoisotopic (exact) mass is 242 g/mol. The number of fused-ring (bicyclic) bond motifs is 1. The zero-order valence-electron chi connectivity index (χ0n) is 10.6. The Labute approximate surface area is 107 Å². The quantitative estimate of drug-likeness (QED) is 0.838. The largest absolute Gasteiger partial charge is 0.355 e. The lowest BCUT2D eigenvalue weighted by molar-refractivity contribution is -0.120. The summed E-state index contributed by atoms with van der Waals surface area (Å²) in [6.45, 7) is 1.05. The van der Waals surface area contributed by atoms with Crippen molar-refractivity contribution in [2.24, 2.45) is 0 Å². The Balaban J connectivity index is 1.93. The molecular formula is C15H18N2O. The topological polar surface area (TPSA) is 41.1 Å². The molecule has 0 aliphatic heterocycles. The lowest BCUT2D eigenvalue weighted by Crippen LogP contribution is -2.33. The van der Waals surface area contributed by atoms with E-state index >= 15 is 0 Å². The van der Waals surface area contributed by atoms with Crippen LogP contribution in [0.25, 0.3) is 10.8 Å². The minimum absolute atomic E-state index is 0.0401. The fourth-order valence-electron chi connectivity index (χ4n) is 1.96. The molecule has 0 spiro atoms. The molecule has 3 heteroatoms. The van der Waals surface area contributed by atoms with Gasteiger partial charge >= 0.3 is 0 Å². The second kappa shape index (κ2) is 6.17. The van der Waals surface area contributed by atoms with E-state index in [1.54, 1.807) is 7.05 Å². The first-order valence-electron chi connectivity index (χ1n) is 6.18. The van der Waals surface area contributed by atoms with Crippen molar-refractivity contribution >= 4 is 16.7 Å². The number of hydrogen-bond donors (Lipinski definition) is 2. The molecule has 0 bridgehead atoms. The Morgan fingerprint density at radius 3 is 2.67 bits per heavy atom. The van der Waals surface area contributed by atoms with Crippen molar-refractivity contribution in [1.82, 2.24) is 10.6 Å². The fourth-order valence-corrected chi connectivity index (χ4v) is 1.96. The molecule has 18 heavy (non-hydrogen) atoms. The SMILES string of the molecule is CNCC(=O)NCCc1ccc2ccccc2c1. The first-order chi connectivity index (χ1) is 8.79. The zero-order valence-corrected chi connectivity index (χ0v) is 10.6. The van der Waals surface area contributed by atoms with E-state index in [9.17, 15) is 4.79 Å². The van der Waals surface area contributed by atoms with Crippen LogP contribution in [0.5, 0.6) is 0 Å². The Kier molecular flexibility index (Phi) is 4.31. The molecule has 0 aliphatic carbocycles. The van der Waals surface area contributed by atoms with Gasteiger partial charge in [0.15, 0.2) is 0 Å². The van der Waals surface area contributed by atoms with E-state index in [1.807, 2.05) is 12.1 Å². The summed E-state index contributed by atoms with van der Waals surface area (Å²) in [7, 11) is 1.77. The van der Waals surface area contributed by atoms with Crippen LogP contribution in [0.1, 0.15) is 5.56 Å². The summed E-state index contributed by atoms with van der Waals surface area (Å²) in [5.41, 5.74) is 1.25. The third kappa shape index (κ3) is 3.31. The molecule has 0 aliphatic rings. The molecule has 3 nitrogen and oxygen atoms in total. The maximum Gasteiger partial charge on any atom is 0.233 e. The Hall–Kier alpha value is -1.87. The summed E-state index contributed by atoms with van der Waals surface area (Å²) in [6.07, 6.45) is 0.861. The lowest BCUT2D eigenvalue weighted by atomic mass is 10.1. The summed E-state index contributed by atoms with van der Waals surface area (Å²) >= 11 is 0. The number of benzene rings is 2. The van der Waals surface area contributed by atoms with Gasteiger partial charge in [-0.05, 0) is 29.8 Å².